The lowest BCUT2D eigenvalue weighted by molar-refractivity contribution is -0.142. The number of aromatic amines is 2. The fourth-order valence-corrected chi connectivity index (χ4v) is 4.53. The van der Waals surface area contributed by atoms with E-state index in [1.54, 1.807) is 18.3 Å². The van der Waals surface area contributed by atoms with Crippen molar-refractivity contribution in [3.05, 3.63) is 84.1 Å². The van der Waals surface area contributed by atoms with Gasteiger partial charge in [0.2, 0.25) is 17.7 Å². The first-order chi connectivity index (χ1) is 20.6. The molecule has 0 saturated carbocycles. The molecule has 0 radical (unpaired) electrons. The van der Waals surface area contributed by atoms with Gasteiger partial charge in [-0.3, -0.25) is 14.4 Å². The summed E-state index contributed by atoms with van der Waals surface area (Å²) in [7, 11) is 0. The Labute approximate surface area is 245 Å². The minimum absolute atomic E-state index is 0.00594. The number of aromatic nitrogens is 3. The standard InChI is InChI=1S/C29H33N7O7/c30-21(14-37)26(39)34-23(9-16-5-7-19(38)8-6-16)27(40)35-24(10-17-12-32-22-4-2-1-3-20(17)22)28(41)36-25(29(42)43)11-18-13-31-15-33-18/h1-8,12-13,15,21,23-25,32,37-38H,9-11,14,30H2,(H,31,33)(H,34,39)(H,35,40)(H,36,41)(H,42,43). The molecule has 2 heterocycles. The van der Waals surface area contributed by atoms with Crippen LogP contribution in [0.15, 0.2) is 67.3 Å². The third-order valence-electron chi connectivity index (χ3n) is 6.87. The summed E-state index contributed by atoms with van der Waals surface area (Å²) in [6, 6.07) is 8.24. The number of aliphatic hydroxyl groups excluding tert-OH is 1. The van der Waals surface area contributed by atoms with Crippen molar-refractivity contribution in [3.63, 3.8) is 0 Å². The van der Waals surface area contributed by atoms with Gasteiger partial charge in [0.05, 0.1) is 12.9 Å². The first kappa shape index (κ1) is 30.7. The predicted octanol–water partition coefficient (Wildman–Crippen LogP) is -0.517. The minimum Gasteiger partial charge on any atom is -0.508 e. The number of phenols is 1. The fraction of sp³-hybridized carbons (Fsp3) is 0.276. The number of nitrogens with zero attached hydrogens (tertiary/aromatic N) is 1. The summed E-state index contributed by atoms with van der Waals surface area (Å²) in [5, 5.41) is 37.2. The number of nitrogens with one attached hydrogen (secondary N) is 5. The smallest absolute Gasteiger partial charge is 0.326 e. The van der Waals surface area contributed by atoms with Crippen molar-refractivity contribution in [1.82, 2.24) is 30.9 Å². The predicted molar refractivity (Wildman–Crippen MR) is 155 cm³/mol. The van der Waals surface area contributed by atoms with E-state index in [-0.39, 0.29) is 25.0 Å². The van der Waals surface area contributed by atoms with Crippen molar-refractivity contribution in [2.45, 2.75) is 43.4 Å². The number of phenolic OH excluding ortho intramolecular Hbond substituents is 1. The van der Waals surface area contributed by atoms with Gasteiger partial charge in [-0.1, -0.05) is 30.3 Å². The molecule has 2 aromatic heterocycles. The van der Waals surface area contributed by atoms with Crippen molar-refractivity contribution in [2.75, 3.05) is 6.61 Å². The van der Waals surface area contributed by atoms with Crippen LogP contribution in [0.25, 0.3) is 10.9 Å². The third-order valence-corrected chi connectivity index (χ3v) is 6.87. The van der Waals surface area contributed by atoms with Crippen molar-refractivity contribution in [2.24, 2.45) is 5.73 Å². The van der Waals surface area contributed by atoms with Gasteiger partial charge in [-0.25, -0.2) is 9.78 Å². The highest BCUT2D eigenvalue weighted by molar-refractivity contribution is 5.95. The Morgan fingerprint density at radius 1 is 0.837 bits per heavy atom. The molecule has 226 valence electrons. The maximum atomic E-state index is 13.6. The number of aromatic hydroxyl groups is 1. The topological polar surface area (TPSA) is 236 Å². The lowest BCUT2D eigenvalue weighted by Gasteiger charge is -2.25. The second-order valence-electron chi connectivity index (χ2n) is 10.0. The van der Waals surface area contributed by atoms with E-state index in [1.807, 2.05) is 24.3 Å². The molecule has 14 heteroatoms. The normalized spacial score (nSPS) is 13.9. The number of carboxylic acids is 1. The molecule has 4 atom stereocenters. The van der Waals surface area contributed by atoms with Crippen LogP contribution in [0, 0.1) is 0 Å². The Hall–Kier alpha value is -5.21. The number of hydrogen-bond acceptors (Lipinski definition) is 8. The zero-order valence-electron chi connectivity index (χ0n) is 23.0. The Morgan fingerprint density at radius 2 is 1.49 bits per heavy atom. The number of carbonyl (C=O) groups is 4. The van der Waals surface area contributed by atoms with Crippen LogP contribution in [-0.4, -0.2) is 84.7 Å². The van der Waals surface area contributed by atoms with Crippen LogP contribution in [0.4, 0.5) is 0 Å². The average molecular weight is 592 g/mol. The molecule has 2 aromatic carbocycles. The van der Waals surface area contributed by atoms with E-state index in [0.29, 0.717) is 16.8 Å². The summed E-state index contributed by atoms with van der Waals surface area (Å²) in [6.07, 6.45) is 4.42. The summed E-state index contributed by atoms with van der Waals surface area (Å²) in [4.78, 5) is 61.6. The highest BCUT2D eigenvalue weighted by atomic mass is 16.4. The molecule has 0 aliphatic rings. The van der Waals surface area contributed by atoms with E-state index in [9.17, 15) is 34.5 Å². The van der Waals surface area contributed by atoms with Gasteiger partial charge in [-0.2, -0.15) is 0 Å². The highest BCUT2D eigenvalue weighted by Crippen LogP contribution is 2.20. The number of nitrogens with two attached hydrogens (primary N) is 1. The fourth-order valence-electron chi connectivity index (χ4n) is 4.53. The first-order valence-electron chi connectivity index (χ1n) is 13.4. The summed E-state index contributed by atoms with van der Waals surface area (Å²) in [5.41, 5.74) is 8.22. The van der Waals surface area contributed by atoms with Gasteiger partial charge in [0.25, 0.3) is 0 Å². The summed E-state index contributed by atoms with van der Waals surface area (Å²) in [5.74, 6) is -3.56. The molecule has 0 saturated heterocycles. The molecule has 14 nitrogen and oxygen atoms in total. The molecule has 4 aromatic rings. The molecule has 0 aliphatic heterocycles. The molecule has 4 unspecified atom stereocenters. The van der Waals surface area contributed by atoms with Gasteiger partial charge >= 0.3 is 5.97 Å². The van der Waals surface area contributed by atoms with Gasteiger partial charge < -0.3 is 47.0 Å². The van der Waals surface area contributed by atoms with E-state index in [0.717, 1.165) is 10.9 Å². The number of rotatable bonds is 14. The Bertz CT molecular complexity index is 1550. The molecule has 10 N–H and O–H groups in total. The molecule has 0 bridgehead atoms. The van der Waals surface area contributed by atoms with Crippen molar-refractivity contribution < 1.29 is 34.5 Å². The maximum absolute atomic E-state index is 13.6. The van der Waals surface area contributed by atoms with Crippen LogP contribution in [0.3, 0.4) is 0 Å². The number of hydrogen-bond donors (Lipinski definition) is 9. The number of benzene rings is 2. The van der Waals surface area contributed by atoms with Crippen LogP contribution in [0.2, 0.25) is 0 Å². The lowest BCUT2D eigenvalue weighted by atomic mass is 10.0. The highest BCUT2D eigenvalue weighted by Gasteiger charge is 2.31. The number of carbonyl (C=O) groups excluding carboxylic acids is 3. The second kappa shape index (κ2) is 14.1. The Kier molecular flexibility index (Phi) is 10.1. The van der Waals surface area contributed by atoms with E-state index in [4.69, 9.17) is 5.73 Å². The number of carboxylic acid groups (broad SMARTS) is 1. The van der Waals surface area contributed by atoms with Crippen molar-refractivity contribution in [3.8, 4) is 5.75 Å². The zero-order valence-corrected chi connectivity index (χ0v) is 23.0. The summed E-state index contributed by atoms with van der Waals surface area (Å²) < 4.78 is 0. The number of para-hydroxylation sites is 1. The van der Waals surface area contributed by atoms with E-state index in [1.165, 1.54) is 24.7 Å². The monoisotopic (exact) mass is 591 g/mol. The van der Waals surface area contributed by atoms with Gasteiger partial charge in [-0.15, -0.1) is 0 Å². The number of aliphatic carboxylic acids is 1. The number of H-pyrrole nitrogens is 2. The Morgan fingerprint density at radius 3 is 2.14 bits per heavy atom. The van der Waals surface area contributed by atoms with Gasteiger partial charge in [0.15, 0.2) is 0 Å². The van der Waals surface area contributed by atoms with Crippen LogP contribution in [0.5, 0.6) is 5.75 Å². The molecule has 4 rings (SSSR count). The lowest BCUT2D eigenvalue weighted by Crippen LogP contribution is -2.58. The third kappa shape index (κ3) is 8.18. The van der Waals surface area contributed by atoms with Crippen LogP contribution >= 0.6 is 0 Å². The van der Waals surface area contributed by atoms with Crippen LogP contribution in [-0.2, 0) is 38.4 Å². The molecule has 0 fully saturated rings. The minimum atomic E-state index is -1.33. The first-order valence-corrected chi connectivity index (χ1v) is 13.4. The summed E-state index contributed by atoms with van der Waals surface area (Å²) >= 11 is 0. The van der Waals surface area contributed by atoms with Gasteiger partial charge in [0.1, 0.15) is 29.9 Å². The quantitative estimate of drug-likeness (QED) is 0.0916. The molecule has 0 spiro atoms. The van der Waals surface area contributed by atoms with E-state index >= 15 is 0 Å². The molecule has 43 heavy (non-hydrogen) atoms. The van der Waals surface area contributed by atoms with Gasteiger partial charge in [0, 0.05) is 48.3 Å². The van der Waals surface area contributed by atoms with E-state index < -0.39 is 54.5 Å². The summed E-state index contributed by atoms with van der Waals surface area (Å²) in [6.45, 7) is -0.655. The van der Waals surface area contributed by atoms with E-state index in [2.05, 4.69) is 30.9 Å². The average Bonchev–Trinajstić information content (AvgIpc) is 3.66. The van der Waals surface area contributed by atoms with Crippen molar-refractivity contribution >= 4 is 34.6 Å². The zero-order chi connectivity index (χ0) is 30.9. The van der Waals surface area contributed by atoms with Crippen molar-refractivity contribution in [1.29, 1.82) is 0 Å². The molecular weight excluding hydrogens is 558 g/mol. The number of imidazole rings is 1. The molecule has 3 amide bonds. The largest absolute Gasteiger partial charge is 0.508 e. The number of fused-ring (bicyclic) bond motifs is 1. The maximum Gasteiger partial charge on any atom is 0.326 e. The second-order valence-corrected chi connectivity index (χ2v) is 10.0. The molecular formula is C29H33N7O7. The van der Waals surface area contributed by atoms with Gasteiger partial charge in [-0.05, 0) is 29.3 Å². The Balaban J connectivity index is 1.60. The van der Waals surface area contributed by atoms with Crippen LogP contribution in [0.1, 0.15) is 16.8 Å². The SMILES string of the molecule is NC(CO)C(=O)NC(Cc1ccc(O)cc1)C(=O)NC(Cc1c[nH]c2ccccc12)C(=O)NC(Cc1cnc[nH]1)C(=O)O. The number of amides is 3. The number of aliphatic hydroxyl groups is 1. The van der Waals surface area contributed by atoms with Crippen LogP contribution < -0.4 is 21.7 Å². The molecule has 0 aliphatic carbocycles.